The minimum Gasteiger partial charge on any atom is -0.485 e. The molecule has 0 bridgehead atoms. The largest absolute Gasteiger partial charge is 0.485 e. The van der Waals surface area contributed by atoms with Gasteiger partial charge in [0.1, 0.15) is 6.61 Å². The van der Waals surface area contributed by atoms with E-state index < -0.39 is 24.0 Å². The van der Waals surface area contributed by atoms with E-state index in [2.05, 4.69) is 16.2 Å². The fourth-order valence-corrected chi connectivity index (χ4v) is 2.78. The topological polar surface area (TPSA) is 106 Å². The first-order valence-electron chi connectivity index (χ1n) is 8.82. The number of hydrogen-bond donors (Lipinski definition) is 3. The van der Waals surface area contributed by atoms with Gasteiger partial charge >= 0.3 is 0 Å². The zero-order valence-corrected chi connectivity index (χ0v) is 15.3. The number of fused-ring (bicyclic) bond motifs is 1. The van der Waals surface area contributed by atoms with Gasteiger partial charge in [-0.1, -0.05) is 42.5 Å². The number of carbonyl (C=O) groups is 3. The van der Waals surface area contributed by atoms with Gasteiger partial charge in [-0.3, -0.25) is 25.2 Å². The molecular weight excluding hydrogens is 362 g/mol. The summed E-state index contributed by atoms with van der Waals surface area (Å²) in [5, 5.41) is 2.73. The predicted molar refractivity (Wildman–Crippen MR) is 100 cm³/mol. The molecule has 0 aromatic heterocycles. The first-order valence-corrected chi connectivity index (χ1v) is 8.82. The molecule has 2 aromatic rings. The molecule has 2 aromatic carbocycles. The predicted octanol–water partition coefficient (Wildman–Crippen LogP) is 1.24. The molecule has 3 N–H and O–H groups in total. The second-order valence-corrected chi connectivity index (χ2v) is 6.27. The Balaban J connectivity index is 1.53. The number of rotatable bonds is 5. The minimum absolute atomic E-state index is 0.0330. The van der Waals surface area contributed by atoms with Gasteiger partial charge in [-0.2, -0.15) is 0 Å². The van der Waals surface area contributed by atoms with Gasteiger partial charge in [0.15, 0.2) is 11.5 Å². The van der Waals surface area contributed by atoms with E-state index in [1.807, 2.05) is 30.3 Å². The zero-order chi connectivity index (χ0) is 19.9. The monoisotopic (exact) mass is 383 g/mol. The van der Waals surface area contributed by atoms with Crippen LogP contribution in [-0.2, 0) is 14.4 Å². The first kappa shape index (κ1) is 19.2. The molecule has 3 amide bonds. The number of benzene rings is 2. The number of carbonyl (C=O) groups excluding carboxylic acids is 3. The Morgan fingerprint density at radius 1 is 1.00 bits per heavy atom. The lowest BCUT2D eigenvalue weighted by Gasteiger charge is -2.25. The average molecular weight is 383 g/mol. The van der Waals surface area contributed by atoms with Crippen LogP contribution in [0.15, 0.2) is 54.6 Å². The van der Waals surface area contributed by atoms with Gasteiger partial charge in [0, 0.05) is 6.92 Å². The van der Waals surface area contributed by atoms with Gasteiger partial charge in [0.05, 0.1) is 12.5 Å². The Morgan fingerprint density at radius 3 is 2.39 bits per heavy atom. The lowest BCUT2D eigenvalue weighted by molar-refractivity contribution is -0.135. The highest BCUT2D eigenvalue weighted by atomic mass is 16.6. The minimum atomic E-state index is -0.879. The standard InChI is InChI=1S/C20H21N3O5/c1-13(24)21-15(14-7-3-2-4-8-14)11-19(25)22-23-20(26)18-12-27-16-9-5-6-10-17(16)28-18/h2-10,15,18H,11-12H2,1H3,(H,21,24)(H,22,25)(H,23,26)/t15-,18-/m1/s1. The van der Waals surface area contributed by atoms with Crippen molar-refractivity contribution in [1.82, 2.24) is 16.2 Å². The summed E-state index contributed by atoms with van der Waals surface area (Å²) in [4.78, 5) is 35.9. The number of hydrazine groups is 1. The zero-order valence-electron chi connectivity index (χ0n) is 15.3. The Hall–Kier alpha value is -3.55. The number of ether oxygens (including phenoxy) is 2. The third-order valence-electron chi connectivity index (χ3n) is 4.10. The van der Waals surface area contributed by atoms with E-state index in [0.717, 1.165) is 5.56 Å². The van der Waals surface area contributed by atoms with Crippen LogP contribution in [0.3, 0.4) is 0 Å². The van der Waals surface area contributed by atoms with E-state index >= 15 is 0 Å². The molecule has 1 aliphatic heterocycles. The molecule has 0 aliphatic carbocycles. The lowest BCUT2D eigenvalue weighted by atomic mass is 10.0. The number of para-hydroxylation sites is 2. The molecule has 28 heavy (non-hydrogen) atoms. The molecule has 0 radical (unpaired) electrons. The van der Waals surface area contributed by atoms with Crippen LogP contribution in [0.4, 0.5) is 0 Å². The first-order chi connectivity index (χ1) is 13.5. The van der Waals surface area contributed by atoms with E-state index in [1.165, 1.54) is 6.92 Å². The molecule has 0 spiro atoms. The molecule has 0 saturated carbocycles. The van der Waals surface area contributed by atoms with Crippen molar-refractivity contribution in [3.63, 3.8) is 0 Å². The van der Waals surface area contributed by atoms with Gasteiger partial charge in [0.25, 0.3) is 5.91 Å². The van der Waals surface area contributed by atoms with Crippen molar-refractivity contribution >= 4 is 17.7 Å². The van der Waals surface area contributed by atoms with Crippen molar-refractivity contribution in [2.45, 2.75) is 25.5 Å². The fourth-order valence-electron chi connectivity index (χ4n) is 2.78. The van der Waals surface area contributed by atoms with Crippen LogP contribution >= 0.6 is 0 Å². The smallest absolute Gasteiger partial charge is 0.283 e. The molecular formula is C20H21N3O5. The van der Waals surface area contributed by atoms with E-state index in [4.69, 9.17) is 9.47 Å². The molecule has 0 saturated heterocycles. The molecule has 0 unspecified atom stereocenters. The van der Waals surface area contributed by atoms with E-state index in [9.17, 15) is 14.4 Å². The van der Waals surface area contributed by atoms with Crippen LogP contribution < -0.4 is 25.6 Å². The summed E-state index contributed by atoms with van der Waals surface area (Å²) in [7, 11) is 0. The Bertz CT molecular complexity index is 856. The summed E-state index contributed by atoms with van der Waals surface area (Å²) >= 11 is 0. The molecule has 8 nitrogen and oxygen atoms in total. The van der Waals surface area contributed by atoms with E-state index in [-0.39, 0.29) is 18.9 Å². The van der Waals surface area contributed by atoms with E-state index in [1.54, 1.807) is 24.3 Å². The van der Waals surface area contributed by atoms with Gasteiger partial charge in [-0.05, 0) is 17.7 Å². The lowest BCUT2D eigenvalue weighted by Crippen LogP contribution is -2.51. The van der Waals surface area contributed by atoms with Crippen molar-refractivity contribution < 1.29 is 23.9 Å². The average Bonchev–Trinajstić information content (AvgIpc) is 2.71. The molecule has 1 heterocycles. The highest BCUT2D eigenvalue weighted by Crippen LogP contribution is 2.30. The summed E-state index contributed by atoms with van der Waals surface area (Å²) in [5.41, 5.74) is 5.48. The highest BCUT2D eigenvalue weighted by Gasteiger charge is 2.27. The number of nitrogens with one attached hydrogen (secondary N) is 3. The second kappa shape index (κ2) is 8.90. The SMILES string of the molecule is CC(=O)N[C@H](CC(=O)NNC(=O)[C@H]1COc2ccccc2O1)c1ccccc1. The van der Waals surface area contributed by atoms with Gasteiger partial charge in [-0.25, -0.2) is 0 Å². The van der Waals surface area contributed by atoms with Crippen molar-refractivity contribution in [3.05, 3.63) is 60.2 Å². The normalized spacial score (nSPS) is 15.8. The van der Waals surface area contributed by atoms with Crippen LogP contribution in [0.1, 0.15) is 24.9 Å². The van der Waals surface area contributed by atoms with Crippen LogP contribution in [0, 0.1) is 0 Å². The summed E-state index contributed by atoms with van der Waals surface area (Å²) in [6.07, 6.45) is -0.912. The maximum Gasteiger partial charge on any atom is 0.283 e. The van der Waals surface area contributed by atoms with Crippen molar-refractivity contribution in [3.8, 4) is 11.5 Å². The Kier molecular flexibility index (Phi) is 6.11. The van der Waals surface area contributed by atoms with Crippen LogP contribution in [-0.4, -0.2) is 30.4 Å². The number of hydrogen-bond acceptors (Lipinski definition) is 5. The van der Waals surface area contributed by atoms with Crippen molar-refractivity contribution in [1.29, 1.82) is 0 Å². The molecule has 3 rings (SSSR count). The maximum atomic E-state index is 12.2. The van der Waals surface area contributed by atoms with Crippen molar-refractivity contribution in [2.75, 3.05) is 6.61 Å². The molecule has 0 fully saturated rings. The van der Waals surface area contributed by atoms with Crippen LogP contribution in [0.25, 0.3) is 0 Å². The second-order valence-electron chi connectivity index (χ2n) is 6.27. The van der Waals surface area contributed by atoms with Gasteiger partial charge < -0.3 is 14.8 Å². The third-order valence-corrected chi connectivity index (χ3v) is 4.10. The maximum absolute atomic E-state index is 12.2. The highest BCUT2D eigenvalue weighted by molar-refractivity contribution is 5.85. The van der Waals surface area contributed by atoms with Crippen LogP contribution in [0.5, 0.6) is 11.5 Å². The molecule has 146 valence electrons. The van der Waals surface area contributed by atoms with Crippen molar-refractivity contribution in [2.24, 2.45) is 0 Å². The summed E-state index contributed by atoms with van der Waals surface area (Å²) < 4.78 is 11.1. The Labute approximate surface area is 162 Å². The fraction of sp³-hybridized carbons (Fsp3) is 0.250. The third kappa shape index (κ3) is 5.00. The Morgan fingerprint density at radius 2 is 1.68 bits per heavy atom. The summed E-state index contributed by atoms with van der Waals surface area (Å²) in [6, 6.07) is 15.6. The van der Waals surface area contributed by atoms with Crippen LogP contribution in [0.2, 0.25) is 0 Å². The molecule has 1 aliphatic rings. The van der Waals surface area contributed by atoms with Gasteiger partial charge in [0.2, 0.25) is 17.9 Å². The van der Waals surface area contributed by atoms with Gasteiger partial charge in [-0.15, -0.1) is 0 Å². The summed E-state index contributed by atoms with van der Waals surface area (Å²) in [5.74, 6) is -0.199. The summed E-state index contributed by atoms with van der Waals surface area (Å²) in [6.45, 7) is 1.42. The quantitative estimate of drug-likeness (QED) is 0.674. The van der Waals surface area contributed by atoms with E-state index in [0.29, 0.717) is 11.5 Å². The number of amides is 3. The molecule has 2 atom stereocenters. The molecule has 8 heteroatoms.